The number of rotatable bonds is 4. The average Bonchev–Trinajstić information content (AvgIpc) is 3.34. The molecule has 2 amide bonds. The molecule has 4 fully saturated rings. The van der Waals surface area contributed by atoms with Crippen LogP contribution in [0.1, 0.15) is 32.9 Å². The van der Waals surface area contributed by atoms with E-state index in [1.54, 1.807) is 11.3 Å². The molecule has 0 radical (unpaired) electrons. The number of fused-ring (bicyclic) bond motifs is 4. The zero-order chi connectivity index (χ0) is 23.9. The molecule has 35 heavy (non-hydrogen) atoms. The van der Waals surface area contributed by atoms with Gasteiger partial charge >= 0.3 is 0 Å². The predicted octanol–water partition coefficient (Wildman–Crippen LogP) is 3.78. The maximum Gasteiger partial charge on any atom is 0.261 e. The topological polar surface area (TPSA) is 55.9 Å². The number of piperidine rings is 3. The van der Waals surface area contributed by atoms with E-state index >= 15 is 0 Å². The van der Waals surface area contributed by atoms with E-state index in [2.05, 4.69) is 40.4 Å². The molecule has 4 aliphatic heterocycles. The lowest BCUT2D eigenvalue weighted by molar-refractivity contribution is 0.0622. The van der Waals surface area contributed by atoms with Gasteiger partial charge in [0.25, 0.3) is 11.8 Å². The van der Waals surface area contributed by atoms with Gasteiger partial charge in [0.15, 0.2) is 0 Å². The van der Waals surface area contributed by atoms with Gasteiger partial charge in [0.1, 0.15) is 0 Å². The molecular formula is C28H32N4O2S. The fourth-order valence-electron chi connectivity index (χ4n) is 5.78. The van der Waals surface area contributed by atoms with E-state index in [0.29, 0.717) is 5.92 Å². The van der Waals surface area contributed by atoms with E-state index in [9.17, 15) is 9.59 Å². The summed E-state index contributed by atoms with van der Waals surface area (Å²) in [6, 6.07) is 16.4. The highest BCUT2D eigenvalue weighted by Gasteiger charge is 2.35. The summed E-state index contributed by atoms with van der Waals surface area (Å²) >= 11 is 1.55. The number of hydrogen-bond acceptors (Lipinski definition) is 5. The largest absolute Gasteiger partial charge is 0.347 e. The first-order valence-electron chi connectivity index (χ1n) is 12.7. The summed E-state index contributed by atoms with van der Waals surface area (Å²) in [6.07, 6.45) is 2.37. The zero-order valence-electron chi connectivity index (χ0n) is 20.2. The standard InChI is InChI=1S/C28H32N4O2S/c1-30-12-14-32(15-13-30)28(34)22-6-2-4-20(16-22)23-7-3-5-21-17-25(35-26(21)23)27(33)29-24-18-31-10-8-19(24)9-11-31/h2-7,16-17,19,24H,8-15,18H2,1H3,(H,29,33)/t24-/m0/s1. The summed E-state index contributed by atoms with van der Waals surface area (Å²) in [5, 5.41) is 4.40. The Hall–Kier alpha value is -2.74. The highest BCUT2D eigenvalue weighted by molar-refractivity contribution is 7.21. The molecule has 1 N–H and O–H groups in total. The Morgan fingerprint density at radius 1 is 0.943 bits per heavy atom. The number of benzene rings is 2. The van der Waals surface area contributed by atoms with E-state index in [1.807, 2.05) is 35.2 Å². The van der Waals surface area contributed by atoms with Gasteiger partial charge in [-0.25, -0.2) is 0 Å². The third-order valence-electron chi connectivity index (χ3n) is 7.95. The highest BCUT2D eigenvalue weighted by atomic mass is 32.1. The smallest absolute Gasteiger partial charge is 0.261 e. The second-order valence-corrected chi connectivity index (χ2v) is 11.3. The van der Waals surface area contributed by atoms with Crippen LogP contribution in [-0.2, 0) is 0 Å². The minimum atomic E-state index is 0.0369. The van der Waals surface area contributed by atoms with Gasteiger partial charge < -0.3 is 20.0 Å². The summed E-state index contributed by atoms with van der Waals surface area (Å²) in [5.41, 5.74) is 2.81. The Bertz CT molecular complexity index is 1250. The first kappa shape index (κ1) is 22.7. The van der Waals surface area contributed by atoms with Crippen molar-refractivity contribution in [2.75, 3.05) is 52.9 Å². The van der Waals surface area contributed by atoms with Crippen molar-refractivity contribution >= 4 is 33.2 Å². The maximum absolute atomic E-state index is 13.2. The van der Waals surface area contributed by atoms with Crippen LogP contribution in [-0.4, -0.2) is 85.4 Å². The molecule has 5 heterocycles. The molecular weight excluding hydrogens is 456 g/mol. The minimum Gasteiger partial charge on any atom is -0.347 e. The van der Waals surface area contributed by atoms with Gasteiger partial charge in [-0.1, -0.05) is 30.3 Å². The molecule has 2 aromatic carbocycles. The molecule has 182 valence electrons. The molecule has 3 aromatic rings. The third-order valence-corrected chi connectivity index (χ3v) is 9.13. The van der Waals surface area contributed by atoms with Gasteiger partial charge in [0.2, 0.25) is 0 Å². The monoisotopic (exact) mass is 488 g/mol. The van der Waals surface area contributed by atoms with Crippen LogP contribution in [0.4, 0.5) is 0 Å². The number of carbonyl (C=O) groups excluding carboxylic acids is 2. The van der Waals surface area contributed by atoms with Crippen LogP contribution >= 0.6 is 11.3 Å². The number of hydrogen-bond donors (Lipinski definition) is 1. The van der Waals surface area contributed by atoms with Gasteiger partial charge in [-0.15, -0.1) is 11.3 Å². The lowest BCUT2D eigenvalue weighted by Gasteiger charge is -2.44. The lowest BCUT2D eigenvalue weighted by Crippen LogP contribution is -2.57. The quantitative estimate of drug-likeness (QED) is 0.607. The van der Waals surface area contributed by atoms with Crippen LogP contribution < -0.4 is 5.32 Å². The lowest BCUT2D eigenvalue weighted by atomic mass is 9.84. The van der Waals surface area contributed by atoms with E-state index in [4.69, 9.17) is 0 Å². The van der Waals surface area contributed by atoms with Gasteiger partial charge in [0.05, 0.1) is 4.88 Å². The van der Waals surface area contributed by atoms with E-state index in [1.165, 1.54) is 25.9 Å². The fraction of sp³-hybridized carbons (Fsp3) is 0.429. The minimum absolute atomic E-state index is 0.0369. The van der Waals surface area contributed by atoms with Gasteiger partial charge in [-0.05, 0) is 73.6 Å². The van der Waals surface area contributed by atoms with Crippen LogP contribution in [0, 0.1) is 5.92 Å². The van der Waals surface area contributed by atoms with Gasteiger partial charge in [-0.2, -0.15) is 0 Å². The Morgan fingerprint density at radius 2 is 1.71 bits per heavy atom. The molecule has 1 atom stereocenters. The molecule has 7 heteroatoms. The van der Waals surface area contributed by atoms with E-state index in [0.717, 1.165) is 64.4 Å². The summed E-state index contributed by atoms with van der Waals surface area (Å²) in [4.78, 5) is 33.7. The van der Waals surface area contributed by atoms with Crippen LogP contribution in [0.15, 0.2) is 48.5 Å². The van der Waals surface area contributed by atoms with E-state index in [-0.39, 0.29) is 17.9 Å². The Labute approximate surface area is 210 Å². The molecule has 0 saturated carbocycles. The number of nitrogens with zero attached hydrogens (tertiary/aromatic N) is 3. The SMILES string of the molecule is CN1CCN(C(=O)c2cccc(-c3cccc4cc(C(=O)N[C@H]5CN6CCC5CC6)sc34)c2)CC1. The second-order valence-electron chi connectivity index (χ2n) is 10.2. The van der Waals surface area contributed by atoms with Crippen LogP contribution in [0.25, 0.3) is 21.2 Å². The third kappa shape index (κ3) is 4.48. The van der Waals surface area contributed by atoms with Crippen LogP contribution in [0.3, 0.4) is 0 Å². The average molecular weight is 489 g/mol. The van der Waals surface area contributed by atoms with E-state index < -0.39 is 0 Å². The summed E-state index contributed by atoms with van der Waals surface area (Å²) < 4.78 is 1.09. The van der Waals surface area contributed by atoms with Crippen molar-refractivity contribution in [2.24, 2.45) is 5.92 Å². The summed E-state index contributed by atoms with van der Waals surface area (Å²) in [7, 11) is 2.09. The van der Waals surface area contributed by atoms with Crippen LogP contribution in [0.5, 0.6) is 0 Å². The van der Waals surface area contributed by atoms with Gasteiger partial charge in [0, 0.05) is 49.0 Å². The predicted molar refractivity (Wildman–Crippen MR) is 141 cm³/mol. The molecule has 2 bridgehead atoms. The molecule has 0 unspecified atom stereocenters. The van der Waals surface area contributed by atoms with Crippen molar-refractivity contribution in [3.05, 3.63) is 59.0 Å². The number of amides is 2. The first-order valence-corrected chi connectivity index (χ1v) is 13.5. The number of thiophene rings is 1. The Morgan fingerprint density at radius 3 is 2.46 bits per heavy atom. The zero-order valence-corrected chi connectivity index (χ0v) is 21.0. The molecule has 4 aliphatic rings. The summed E-state index contributed by atoms with van der Waals surface area (Å²) in [5.74, 6) is 0.736. The normalized spacial score (nSPS) is 24.6. The molecule has 1 aromatic heterocycles. The molecule has 4 saturated heterocycles. The van der Waals surface area contributed by atoms with Crippen molar-refractivity contribution in [1.82, 2.24) is 20.0 Å². The Kier molecular flexibility index (Phi) is 6.08. The Balaban J connectivity index is 1.25. The molecule has 7 rings (SSSR count). The van der Waals surface area contributed by atoms with Gasteiger partial charge in [-0.3, -0.25) is 9.59 Å². The number of likely N-dealkylation sites (N-methyl/N-ethyl adjacent to an activating group) is 1. The van der Waals surface area contributed by atoms with Crippen molar-refractivity contribution in [2.45, 2.75) is 18.9 Å². The maximum atomic E-state index is 13.2. The van der Waals surface area contributed by atoms with Crippen molar-refractivity contribution in [3.8, 4) is 11.1 Å². The number of piperazine rings is 1. The molecule has 0 aliphatic carbocycles. The molecule has 0 spiro atoms. The van der Waals surface area contributed by atoms with Crippen LogP contribution in [0.2, 0.25) is 0 Å². The second kappa shape index (κ2) is 9.37. The number of carbonyl (C=O) groups is 2. The fourth-order valence-corrected chi connectivity index (χ4v) is 6.88. The molecule has 6 nitrogen and oxygen atoms in total. The van der Waals surface area contributed by atoms with Crippen molar-refractivity contribution in [1.29, 1.82) is 0 Å². The van der Waals surface area contributed by atoms with Crippen molar-refractivity contribution < 1.29 is 9.59 Å². The van der Waals surface area contributed by atoms with Crippen molar-refractivity contribution in [3.63, 3.8) is 0 Å². The number of nitrogens with one attached hydrogen (secondary N) is 1. The first-order chi connectivity index (χ1) is 17.0. The summed E-state index contributed by atoms with van der Waals surface area (Å²) in [6.45, 7) is 6.64. The highest BCUT2D eigenvalue weighted by Crippen LogP contribution is 2.36.